The second kappa shape index (κ2) is 6.46. The van der Waals surface area contributed by atoms with E-state index < -0.39 is 0 Å². The Morgan fingerprint density at radius 3 is 2.38 bits per heavy atom. The van der Waals surface area contributed by atoms with Crippen LogP contribution in [0.3, 0.4) is 0 Å². The fraction of sp³-hybridized carbons (Fsp3) is 0.435. The van der Waals surface area contributed by atoms with E-state index in [9.17, 15) is 4.79 Å². The van der Waals surface area contributed by atoms with Gasteiger partial charge in [-0.05, 0) is 59.1 Å². The second-order valence-electron chi connectivity index (χ2n) is 8.61. The Labute approximate surface area is 156 Å². The van der Waals surface area contributed by atoms with Gasteiger partial charge in [0.1, 0.15) is 0 Å². The van der Waals surface area contributed by atoms with Crippen molar-refractivity contribution in [1.82, 2.24) is 4.90 Å². The van der Waals surface area contributed by atoms with E-state index in [1.54, 1.807) is 0 Å². The van der Waals surface area contributed by atoms with Gasteiger partial charge in [0.25, 0.3) is 0 Å². The summed E-state index contributed by atoms with van der Waals surface area (Å²) in [5.74, 6) is 0. The van der Waals surface area contributed by atoms with Crippen LogP contribution in [-0.2, 0) is 24.8 Å². The average molecular weight is 348 g/mol. The molecule has 1 saturated heterocycles. The number of hydrogen-bond donors (Lipinski definition) is 0. The van der Waals surface area contributed by atoms with Crippen LogP contribution < -0.4 is 4.90 Å². The van der Waals surface area contributed by atoms with Gasteiger partial charge in [-0.3, -0.25) is 4.90 Å². The number of fused-ring (bicyclic) bond motifs is 1. The highest BCUT2D eigenvalue weighted by molar-refractivity contribution is 5.94. The normalized spacial score (nSPS) is 17.1. The summed E-state index contributed by atoms with van der Waals surface area (Å²) in [5.41, 5.74) is 6.62. The summed E-state index contributed by atoms with van der Waals surface area (Å²) in [6.45, 7) is 8.92. The number of amides is 2. The summed E-state index contributed by atoms with van der Waals surface area (Å²) in [6, 6.07) is 15.4. The number of urea groups is 1. The molecule has 0 radical (unpaired) electrons. The fourth-order valence-corrected chi connectivity index (χ4v) is 4.03. The molecule has 0 saturated carbocycles. The minimum atomic E-state index is 0.128. The van der Waals surface area contributed by atoms with Gasteiger partial charge in [-0.2, -0.15) is 0 Å². The molecular formula is C23H28N2O. The topological polar surface area (TPSA) is 23.6 Å². The van der Waals surface area contributed by atoms with Gasteiger partial charge in [-0.1, -0.05) is 51.1 Å². The molecule has 2 amide bonds. The quantitative estimate of drug-likeness (QED) is 0.773. The Morgan fingerprint density at radius 2 is 1.65 bits per heavy atom. The van der Waals surface area contributed by atoms with Crippen molar-refractivity contribution in [2.24, 2.45) is 0 Å². The average Bonchev–Trinajstić information content (AvgIpc) is 3.21. The third-order valence-corrected chi connectivity index (χ3v) is 5.68. The van der Waals surface area contributed by atoms with E-state index in [4.69, 9.17) is 0 Å². The van der Waals surface area contributed by atoms with Gasteiger partial charge in [0, 0.05) is 25.3 Å². The van der Waals surface area contributed by atoms with Crippen LogP contribution in [-0.4, -0.2) is 24.0 Å². The van der Waals surface area contributed by atoms with E-state index >= 15 is 0 Å². The monoisotopic (exact) mass is 348 g/mol. The SMILES string of the molecule is CC(C)(C)c1ccc(CN2CCN(c3ccc4c(c3)CCC4)C2=O)cc1. The summed E-state index contributed by atoms with van der Waals surface area (Å²) >= 11 is 0. The predicted molar refractivity (Wildman–Crippen MR) is 107 cm³/mol. The van der Waals surface area contributed by atoms with Gasteiger partial charge in [0.15, 0.2) is 0 Å². The van der Waals surface area contributed by atoms with E-state index in [-0.39, 0.29) is 11.4 Å². The molecule has 0 aromatic heterocycles. The van der Waals surface area contributed by atoms with Crippen LogP contribution in [0.4, 0.5) is 10.5 Å². The molecule has 26 heavy (non-hydrogen) atoms. The molecule has 0 bridgehead atoms. The zero-order chi connectivity index (χ0) is 18.3. The highest BCUT2D eigenvalue weighted by atomic mass is 16.2. The molecule has 1 fully saturated rings. The number of benzene rings is 2. The first-order valence-corrected chi connectivity index (χ1v) is 9.69. The van der Waals surface area contributed by atoms with Crippen molar-refractivity contribution >= 4 is 11.7 Å². The predicted octanol–water partition coefficient (Wildman–Crippen LogP) is 4.92. The molecule has 3 heteroatoms. The van der Waals surface area contributed by atoms with Crippen LogP contribution in [0.15, 0.2) is 42.5 Å². The highest BCUT2D eigenvalue weighted by Crippen LogP contribution is 2.29. The Hall–Kier alpha value is -2.29. The molecule has 2 aliphatic rings. The maximum Gasteiger partial charge on any atom is 0.324 e. The molecular weight excluding hydrogens is 320 g/mol. The van der Waals surface area contributed by atoms with Crippen molar-refractivity contribution in [3.8, 4) is 0 Å². The molecule has 2 aromatic rings. The zero-order valence-corrected chi connectivity index (χ0v) is 16.1. The Kier molecular flexibility index (Phi) is 4.26. The van der Waals surface area contributed by atoms with Crippen LogP contribution in [0.2, 0.25) is 0 Å². The second-order valence-corrected chi connectivity index (χ2v) is 8.61. The van der Waals surface area contributed by atoms with Gasteiger partial charge in [-0.15, -0.1) is 0 Å². The lowest BCUT2D eigenvalue weighted by Gasteiger charge is -2.21. The number of rotatable bonds is 3. The van der Waals surface area contributed by atoms with Crippen molar-refractivity contribution in [2.45, 2.75) is 52.0 Å². The minimum absolute atomic E-state index is 0.128. The number of nitrogens with zero attached hydrogens (tertiary/aromatic N) is 2. The lowest BCUT2D eigenvalue weighted by molar-refractivity contribution is 0.219. The summed E-state index contributed by atoms with van der Waals surface area (Å²) < 4.78 is 0. The molecule has 136 valence electrons. The summed E-state index contributed by atoms with van der Waals surface area (Å²) in [5, 5.41) is 0. The van der Waals surface area contributed by atoms with Crippen LogP contribution in [0.5, 0.6) is 0 Å². The third-order valence-electron chi connectivity index (χ3n) is 5.68. The molecule has 3 nitrogen and oxygen atoms in total. The maximum atomic E-state index is 12.9. The lowest BCUT2D eigenvalue weighted by atomic mass is 9.87. The standard InChI is InChI=1S/C23H28N2O/c1-23(2,3)20-10-7-17(8-11-20)16-24-13-14-25(22(24)26)21-12-9-18-5-4-6-19(18)15-21/h7-12,15H,4-6,13-14,16H2,1-3H3. The number of hydrogen-bond acceptors (Lipinski definition) is 1. The van der Waals surface area contributed by atoms with Crippen LogP contribution in [0, 0.1) is 0 Å². The smallest absolute Gasteiger partial charge is 0.318 e. The molecule has 1 aliphatic carbocycles. The fourth-order valence-electron chi connectivity index (χ4n) is 4.03. The molecule has 0 unspecified atom stereocenters. The van der Waals surface area contributed by atoms with Gasteiger partial charge in [-0.25, -0.2) is 4.79 Å². The minimum Gasteiger partial charge on any atom is -0.318 e. The Bertz CT molecular complexity index is 817. The number of carbonyl (C=O) groups excluding carboxylic acids is 1. The van der Waals surface area contributed by atoms with Crippen molar-refractivity contribution in [1.29, 1.82) is 0 Å². The van der Waals surface area contributed by atoms with E-state index in [1.165, 1.54) is 35.1 Å². The summed E-state index contributed by atoms with van der Waals surface area (Å²) in [4.78, 5) is 16.8. The van der Waals surface area contributed by atoms with Gasteiger partial charge in [0.2, 0.25) is 0 Å². The molecule has 0 atom stereocenters. The number of carbonyl (C=O) groups is 1. The summed E-state index contributed by atoms with van der Waals surface area (Å²) in [7, 11) is 0. The van der Waals surface area contributed by atoms with E-state index in [2.05, 4.69) is 63.2 Å². The first-order chi connectivity index (χ1) is 12.4. The largest absolute Gasteiger partial charge is 0.324 e. The van der Waals surface area contributed by atoms with Gasteiger partial charge >= 0.3 is 6.03 Å². The van der Waals surface area contributed by atoms with Crippen LogP contribution in [0.25, 0.3) is 0 Å². The zero-order valence-electron chi connectivity index (χ0n) is 16.1. The molecule has 1 heterocycles. The van der Waals surface area contributed by atoms with E-state index in [1.807, 2.05) is 9.80 Å². The molecule has 0 N–H and O–H groups in total. The van der Waals surface area contributed by atoms with Crippen molar-refractivity contribution < 1.29 is 4.79 Å². The molecule has 2 aromatic carbocycles. The van der Waals surface area contributed by atoms with Crippen molar-refractivity contribution in [3.05, 3.63) is 64.7 Å². The third kappa shape index (κ3) is 3.23. The van der Waals surface area contributed by atoms with E-state index in [0.717, 1.165) is 25.2 Å². The van der Waals surface area contributed by atoms with E-state index in [0.29, 0.717) is 6.54 Å². The molecule has 1 aliphatic heterocycles. The van der Waals surface area contributed by atoms with Crippen LogP contribution in [0.1, 0.15) is 49.4 Å². The number of anilines is 1. The van der Waals surface area contributed by atoms with Gasteiger partial charge < -0.3 is 4.90 Å². The van der Waals surface area contributed by atoms with Gasteiger partial charge in [0.05, 0.1) is 0 Å². The first-order valence-electron chi connectivity index (χ1n) is 9.69. The van der Waals surface area contributed by atoms with Crippen molar-refractivity contribution in [2.75, 3.05) is 18.0 Å². The van der Waals surface area contributed by atoms with Crippen molar-refractivity contribution in [3.63, 3.8) is 0 Å². The summed E-state index contributed by atoms with van der Waals surface area (Å²) in [6.07, 6.45) is 3.57. The molecule has 0 spiro atoms. The maximum absolute atomic E-state index is 12.9. The Balaban J connectivity index is 1.46. The Morgan fingerprint density at radius 1 is 0.923 bits per heavy atom. The highest BCUT2D eigenvalue weighted by Gasteiger charge is 2.30. The van der Waals surface area contributed by atoms with Crippen LogP contribution >= 0.6 is 0 Å². The lowest BCUT2D eigenvalue weighted by Crippen LogP contribution is -2.31. The number of aryl methyl sites for hydroxylation is 2. The first kappa shape index (κ1) is 17.1. The molecule has 4 rings (SSSR count).